The van der Waals surface area contributed by atoms with E-state index in [2.05, 4.69) is 21.3 Å². The van der Waals surface area contributed by atoms with E-state index < -0.39 is 60.0 Å². The molecule has 0 aliphatic rings. The fraction of sp³-hybridized carbons (Fsp3) is 0.257. The van der Waals surface area contributed by atoms with Crippen LogP contribution in [0.3, 0.4) is 0 Å². The average molecular weight is 657 g/mol. The van der Waals surface area contributed by atoms with Crippen molar-refractivity contribution in [2.45, 2.75) is 57.8 Å². The van der Waals surface area contributed by atoms with E-state index in [1.54, 1.807) is 73.7 Å². The summed E-state index contributed by atoms with van der Waals surface area (Å²) in [6.07, 6.45) is -1.53. The van der Waals surface area contributed by atoms with Crippen molar-refractivity contribution in [2.75, 3.05) is 5.32 Å². The molecule has 3 atom stereocenters. The van der Waals surface area contributed by atoms with Gasteiger partial charge < -0.3 is 35.5 Å². The zero-order valence-electron chi connectivity index (χ0n) is 26.4. The summed E-state index contributed by atoms with van der Waals surface area (Å²) in [6, 6.07) is 20.4. The molecule has 13 heteroatoms. The summed E-state index contributed by atoms with van der Waals surface area (Å²) in [7, 11) is 0. The van der Waals surface area contributed by atoms with E-state index in [9.17, 15) is 28.8 Å². The van der Waals surface area contributed by atoms with Gasteiger partial charge >= 0.3 is 17.7 Å². The maximum Gasteiger partial charge on any atom is 0.408 e. The first-order chi connectivity index (χ1) is 23.0. The summed E-state index contributed by atoms with van der Waals surface area (Å²) < 4.78 is 10.4. The van der Waals surface area contributed by atoms with Gasteiger partial charge in [-0.25, -0.2) is 9.59 Å². The van der Waals surface area contributed by atoms with E-state index in [1.807, 2.05) is 6.07 Å². The van der Waals surface area contributed by atoms with Gasteiger partial charge in [-0.3, -0.25) is 19.2 Å². The average Bonchev–Trinajstić information content (AvgIpc) is 3.05. The quantitative estimate of drug-likeness (QED) is 0.126. The predicted molar refractivity (Wildman–Crippen MR) is 176 cm³/mol. The second-order valence-electron chi connectivity index (χ2n) is 11.1. The van der Waals surface area contributed by atoms with Crippen LogP contribution in [0.2, 0.25) is 0 Å². The number of rotatable bonds is 14. The van der Waals surface area contributed by atoms with Crippen LogP contribution in [0.15, 0.2) is 94.1 Å². The maximum absolute atomic E-state index is 13.5. The van der Waals surface area contributed by atoms with Crippen LogP contribution < -0.4 is 26.9 Å². The zero-order chi connectivity index (χ0) is 34.6. The van der Waals surface area contributed by atoms with Gasteiger partial charge in [0, 0.05) is 36.0 Å². The minimum Gasteiger partial charge on any atom is -0.481 e. The lowest BCUT2D eigenvalue weighted by Crippen LogP contribution is -2.55. The van der Waals surface area contributed by atoms with Gasteiger partial charge in [-0.1, -0.05) is 60.7 Å². The Balaban J connectivity index is 1.43. The molecule has 0 fully saturated rings. The van der Waals surface area contributed by atoms with Crippen molar-refractivity contribution in [3.8, 4) is 0 Å². The number of nitrogens with one attached hydrogen (secondary N) is 4. The summed E-state index contributed by atoms with van der Waals surface area (Å²) >= 11 is 0. The van der Waals surface area contributed by atoms with Gasteiger partial charge in [0.2, 0.25) is 17.7 Å². The molecule has 0 saturated carbocycles. The highest BCUT2D eigenvalue weighted by molar-refractivity contribution is 6.00. The molecule has 250 valence electrons. The number of fused-ring (bicyclic) bond motifs is 1. The number of aryl methyl sites for hydroxylation is 1. The van der Waals surface area contributed by atoms with Crippen molar-refractivity contribution < 1.29 is 38.2 Å². The molecule has 4 rings (SSSR count). The lowest BCUT2D eigenvalue weighted by atomic mass is 10.0. The summed E-state index contributed by atoms with van der Waals surface area (Å²) in [5.41, 5.74) is 2.27. The third-order valence-electron chi connectivity index (χ3n) is 7.35. The number of hydrogen-bond donors (Lipinski definition) is 5. The predicted octanol–water partition coefficient (Wildman–Crippen LogP) is 3.43. The van der Waals surface area contributed by atoms with Crippen LogP contribution in [-0.4, -0.2) is 53.0 Å². The van der Waals surface area contributed by atoms with Gasteiger partial charge in [0.1, 0.15) is 30.3 Å². The van der Waals surface area contributed by atoms with E-state index in [0.717, 1.165) is 5.56 Å². The minimum atomic E-state index is -1.32. The highest BCUT2D eigenvalue weighted by Crippen LogP contribution is 2.21. The number of anilines is 1. The Labute approximate surface area is 275 Å². The van der Waals surface area contributed by atoms with Crippen molar-refractivity contribution in [3.63, 3.8) is 0 Å². The van der Waals surface area contributed by atoms with E-state index in [0.29, 0.717) is 22.2 Å². The molecule has 0 radical (unpaired) electrons. The molecule has 0 bridgehead atoms. The molecule has 1 heterocycles. The fourth-order valence-corrected chi connectivity index (χ4v) is 4.81. The van der Waals surface area contributed by atoms with Crippen LogP contribution in [0.4, 0.5) is 10.5 Å². The lowest BCUT2D eigenvalue weighted by Gasteiger charge is -2.23. The van der Waals surface area contributed by atoms with E-state index in [-0.39, 0.29) is 25.0 Å². The number of carbonyl (C=O) groups is 5. The monoisotopic (exact) mass is 656 g/mol. The third kappa shape index (κ3) is 10.3. The van der Waals surface area contributed by atoms with Crippen molar-refractivity contribution in [3.05, 3.63) is 112 Å². The van der Waals surface area contributed by atoms with Crippen molar-refractivity contribution in [1.82, 2.24) is 16.0 Å². The molecule has 4 amide bonds. The van der Waals surface area contributed by atoms with Gasteiger partial charge in [0.15, 0.2) is 0 Å². The first-order valence-electron chi connectivity index (χ1n) is 15.2. The van der Waals surface area contributed by atoms with E-state index in [4.69, 9.17) is 14.3 Å². The second-order valence-corrected chi connectivity index (χ2v) is 11.1. The van der Waals surface area contributed by atoms with Crippen LogP contribution in [0.25, 0.3) is 11.0 Å². The number of amides is 4. The van der Waals surface area contributed by atoms with Crippen LogP contribution in [0.1, 0.15) is 36.5 Å². The van der Waals surface area contributed by atoms with Crippen LogP contribution in [0.5, 0.6) is 0 Å². The van der Waals surface area contributed by atoms with Gasteiger partial charge in [-0.15, -0.1) is 0 Å². The highest BCUT2D eigenvalue weighted by Gasteiger charge is 2.28. The molecule has 4 aromatic rings. The number of carboxylic acid groups (broad SMARTS) is 1. The standard InChI is InChI=1S/C35H36N4O9/c1-21-17-31(42)48-29-19-25(13-14-26(21)29)37-34(45)28(18-23-9-5-3-6-10-23)38-32(43)22(2)36-33(44)27(15-16-30(40)41)39-35(46)47-20-24-11-7-4-8-12-24/h3-14,17,19,22,27-28H,15-16,18,20H2,1-2H3,(H,36,44)(H,37,45)(H,38,43)(H,39,46)(H,40,41)/t22-,27-,28-/m0/s1. The Morgan fingerprint density at radius 3 is 2.12 bits per heavy atom. The van der Waals surface area contributed by atoms with E-state index in [1.165, 1.54) is 19.1 Å². The fourth-order valence-electron chi connectivity index (χ4n) is 4.81. The Hall–Kier alpha value is -5.98. The Morgan fingerprint density at radius 2 is 1.46 bits per heavy atom. The normalized spacial score (nSPS) is 12.6. The molecule has 5 N–H and O–H groups in total. The van der Waals surface area contributed by atoms with Gasteiger partial charge in [0.05, 0.1) is 0 Å². The maximum atomic E-state index is 13.5. The molecular formula is C35H36N4O9. The molecule has 0 unspecified atom stereocenters. The van der Waals surface area contributed by atoms with Crippen molar-refractivity contribution >= 4 is 46.4 Å². The summed E-state index contributed by atoms with van der Waals surface area (Å²) in [5.74, 6) is -3.27. The Kier molecular flexibility index (Phi) is 12.0. The van der Waals surface area contributed by atoms with Gasteiger partial charge in [0.25, 0.3) is 0 Å². The zero-order valence-corrected chi connectivity index (χ0v) is 26.4. The largest absolute Gasteiger partial charge is 0.481 e. The highest BCUT2D eigenvalue weighted by atomic mass is 16.5. The smallest absolute Gasteiger partial charge is 0.408 e. The lowest BCUT2D eigenvalue weighted by molar-refractivity contribution is -0.137. The first kappa shape index (κ1) is 34.9. The topological polar surface area (TPSA) is 193 Å². The molecule has 0 spiro atoms. The Bertz CT molecular complexity index is 1830. The number of carbonyl (C=O) groups excluding carboxylic acids is 4. The summed E-state index contributed by atoms with van der Waals surface area (Å²) in [6.45, 7) is 3.09. The van der Waals surface area contributed by atoms with Crippen LogP contribution in [0, 0.1) is 6.92 Å². The second kappa shape index (κ2) is 16.5. The molecule has 0 aliphatic heterocycles. The van der Waals surface area contributed by atoms with Gasteiger partial charge in [-0.2, -0.15) is 0 Å². The number of ether oxygens (including phenoxy) is 1. The number of carboxylic acids is 1. The molecule has 13 nitrogen and oxygen atoms in total. The van der Waals surface area contributed by atoms with Crippen LogP contribution in [-0.2, 0) is 36.9 Å². The van der Waals surface area contributed by atoms with E-state index >= 15 is 0 Å². The van der Waals surface area contributed by atoms with Crippen LogP contribution >= 0.6 is 0 Å². The number of aliphatic carboxylic acids is 1. The summed E-state index contributed by atoms with van der Waals surface area (Å²) in [5, 5.41) is 20.1. The molecule has 1 aromatic heterocycles. The molecule has 3 aromatic carbocycles. The SMILES string of the molecule is Cc1cc(=O)oc2cc(NC(=O)[C@H](Cc3ccccc3)NC(=O)[C@H](C)NC(=O)[C@H](CCC(=O)O)NC(=O)OCc3ccccc3)ccc12. The van der Waals surface area contributed by atoms with Crippen molar-refractivity contribution in [1.29, 1.82) is 0 Å². The number of benzene rings is 3. The first-order valence-corrected chi connectivity index (χ1v) is 15.2. The van der Waals surface area contributed by atoms with Crippen molar-refractivity contribution in [2.24, 2.45) is 0 Å². The minimum absolute atomic E-state index is 0.0725. The Morgan fingerprint density at radius 1 is 0.792 bits per heavy atom. The molecular weight excluding hydrogens is 620 g/mol. The summed E-state index contributed by atoms with van der Waals surface area (Å²) in [4.78, 5) is 75.4. The molecule has 48 heavy (non-hydrogen) atoms. The third-order valence-corrected chi connectivity index (χ3v) is 7.35. The molecule has 0 saturated heterocycles. The number of alkyl carbamates (subject to hydrolysis) is 1. The van der Waals surface area contributed by atoms with Gasteiger partial charge in [-0.05, 0) is 49.1 Å². The molecule has 0 aliphatic carbocycles. The number of hydrogen-bond acceptors (Lipinski definition) is 8.